The highest BCUT2D eigenvalue weighted by atomic mass is 16.4. The molecule has 20 heavy (non-hydrogen) atoms. The molecule has 102 valence electrons. The van der Waals surface area contributed by atoms with Crippen LogP contribution in [0.3, 0.4) is 0 Å². The van der Waals surface area contributed by atoms with Gasteiger partial charge in [-0.25, -0.2) is 9.59 Å². The van der Waals surface area contributed by atoms with E-state index in [4.69, 9.17) is 10.2 Å². The van der Waals surface area contributed by atoms with Crippen LogP contribution in [0.1, 0.15) is 20.7 Å². The van der Waals surface area contributed by atoms with Gasteiger partial charge in [-0.05, 0) is 11.6 Å². The maximum Gasteiger partial charge on any atom is 0.340 e. The fourth-order valence-electron chi connectivity index (χ4n) is 1.92. The minimum Gasteiger partial charge on any atom is -0.507 e. The second kappa shape index (κ2) is 4.93. The van der Waals surface area contributed by atoms with E-state index in [-0.39, 0.29) is 5.56 Å². The highest BCUT2D eigenvalue weighted by Gasteiger charge is 2.27. The van der Waals surface area contributed by atoms with Gasteiger partial charge in [0.15, 0.2) is 0 Å². The van der Waals surface area contributed by atoms with E-state index in [0.29, 0.717) is 5.56 Å². The largest absolute Gasteiger partial charge is 0.507 e. The smallest absolute Gasteiger partial charge is 0.340 e. The van der Waals surface area contributed by atoms with E-state index in [1.165, 1.54) is 0 Å². The molecule has 0 bridgehead atoms. The van der Waals surface area contributed by atoms with E-state index in [0.717, 1.165) is 6.07 Å². The Balaban J connectivity index is 2.81. The third-order valence-corrected chi connectivity index (χ3v) is 2.79. The molecule has 2 aromatic carbocycles. The van der Waals surface area contributed by atoms with Crippen LogP contribution in [-0.4, -0.2) is 32.4 Å². The van der Waals surface area contributed by atoms with E-state index in [1.54, 1.807) is 30.3 Å². The zero-order chi connectivity index (χ0) is 14.9. The molecule has 0 saturated carbocycles. The molecule has 0 aliphatic rings. The average molecular weight is 274 g/mol. The maximum atomic E-state index is 11.1. The van der Waals surface area contributed by atoms with Crippen LogP contribution in [0, 0.1) is 0 Å². The van der Waals surface area contributed by atoms with Crippen molar-refractivity contribution in [3.8, 4) is 22.6 Å². The first kappa shape index (κ1) is 13.4. The van der Waals surface area contributed by atoms with Crippen LogP contribution in [0.2, 0.25) is 0 Å². The highest BCUT2D eigenvalue weighted by molar-refractivity contribution is 6.07. The normalized spacial score (nSPS) is 10.2. The Hall–Kier alpha value is -3.02. The number of hydrogen-bond acceptors (Lipinski definition) is 4. The van der Waals surface area contributed by atoms with E-state index >= 15 is 0 Å². The predicted molar refractivity (Wildman–Crippen MR) is 69.1 cm³/mol. The summed E-state index contributed by atoms with van der Waals surface area (Å²) < 4.78 is 0. The van der Waals surface area contributed by atoms with E-state index in [9.17, 15) is 19.8 Å². The van der Waals surface area contributed by atoms with Gasteiger partial charge in [-0.3, -0.25) is 0 Å². The standard InChI is InChI=1S/C14H10O6/c15-9-6-8(7-4-2-1-3-5-7)12(16)11(14(19)20)10(9)13(17)18/h1-6,15-16H,(H,17,18)(H,19,20). The predicted octanol–water partition coefficient (Wildman–Crippen LogP) is 2.16. The number of benzene rings is 2. The van der Waals surface area contributed by atoms with Crippen molar-refractivity contribution in [3.63, 3.8) is 0 Å². The summed E-state index contributed by atoms with van der Waals surface area (Å²) in [6.07, 6.45) is 0. The summed E-state index contributed by atoms with van der Waals surface area (Å²) in [7, 11) is 0. The zero-order valence-corrected chi connectivity index (χ0v) is 10.1. The van der Waals surface area contributed by atoms with Crippen LogP contribution in [0.5, 0.6) is 11.5 Å². The Morgan fingerprint density at radius 3 is 1.90 bits per heavy atom. The quantitative estimate of drug-likeness (QED) is 0.637. The van der Waals surface area contributed by atoms with Crippen LogP contribution < -0.4 is 0 Å². The topological polar surface area (TPSA) is 115 Å². The van der Waals surface area contributed by atoms with E-state index in [1.807, 2.05) is 0 Å². The van der Waals surface area contributed by atoms with Crippen molar-refractivity contribution in [1.82, 2.24) is 0 Å². The lowest BCUT2D eigenvalue weighted by molar-refractivity contribution is 0.0645. The Labute approximate surface area is 113 Å². The molecule has 6 nitrogen and oxygen atoms in total. The lowest BCUT2D eigenvalue weighted by Gasteiger charge is -2.12. The summed E-state index contributed by atoms with van der Waals surface area (Å²) in [4.78, 5) is 22.2. The number of phenols is 2. The molecule has 2 rings (SSSR count). The van der Waals surface area contributed by atoms with Crippen LogP contribution in [0.25, 0.3) is 11.1 Å². The zero-order valence-electron chi connectivity index (χ0n) is 10.1. The molecular weight excluding hydrogens is 264 g/mol. The molecule has 0 unspecified atom stereocenters. The van der Waals surface area contributed by atoms with Crippen molar-refractivity contribution < 1.29 is 30.0 Å². The number of rotatable bonds is 3. The molecule has 0 aliphatic carbocycles. The van der Waals surface area contributed by atoms with Crippen LogP contribution >= 0.6 is 0 Å². The summed E-state index contributed by atoms with van der Waals surface area (Å²) in [6, 6.07) is 9.28. The third-order valence-electron chi connectivity index (χ3n) is 2.79. The lowest BCUT2D eigenvalue weighted by atomic mass is 9.96. The van der Waals surface area contributed by atoms with Crippen molar-refractivity contribution in [2.75, 3.05) is 0 Å². The summed E-state index contributed by atoms with van der Waals surface area (Å²) in [5, 5.41) is 37.7. The molecule has 0 atom stereocenters. The summed E-state index contributed by atoms with van der Waals surface area (Å²) in [6.45, 7) is 0. The van der Waals surface area contributed by atoms with Crippen molar-refractivity contribution >= 4 is 11.9 Å². The van der Waals surface area contributed by atoms with Gasteiger partial charge < -0.3 is 20.4 Å². The van der Waals surface area contributed by atoms with Gasteiger partial charge in [0.05, 0.1) is 0 Å². The molecule has 4 N–H and O–H groups in total. The fourth-order valence-corrected chi connectivity index (χ4v) is 1.92. The van der Waals surface area contributed by atoms with Crippen LogP contribution in [0.4, 0.5) is 0 Å². The molecule has 0 saturated heterocycles. The number of carboxylic acids is 2. The van der Waals surface area contributed by atoms with Gasteiger partial charge in [0.1, 0.15) is 22.6 Å². The minimum absolute atomic E-state index is 0.0468. The van der Waals surface area contributed by atoms with Gasteiger partial charge >= 0.3 is 11.9 Å². The van der Waals surface area contributed by atoms with E-state index in [2.05, 4.69) is 0 Å². The van der Waals surface area contributed by atoms with Crippen molar-refractivity contribution in [2.45, 2.75) is 0 Å². The Morgan fingerprint density at radius 2 is 1.40 bits per heavy atom. The number of aromatic hydroxyl groups is 2. The molecule has 0 heterocycles. The van der Waals surface area contributed by atoms with Crippen LogP contribution in [-0.2, 0) is 0 Å². The molecule has 0 aromatic heterocycles. The van der Waals surface area contributed by atoms with Crippen molar-refractivity contribution in [2.24, 2.45) is 0 Å². The molecule has 6 heteroatoms. The number of carboxylic acid groups (broad SMARTS) is 2. The van der Waals surface area contributed by atoms with Gasteiger partial charge in [-0.1, -0.05) is 30.3 Å². The minimum atomic E-state index is -1.63. The van der Waals surface area contributed by atoms with Gasteiger partial charge in [0.25, 0.3) is 0 Å². The van der Waals surface area contributed by atoms with Gasteiger partial charge in [0, 0.05) is 5.56 Å². The molecular formula is C14H10O6. The molecule has 0 amide bonds. The first-order chi connectivity index (χ1) is 9.43. The molecule has 0 aliphatic heterocycles. The Bertz CT molecular complexity index is 691. The number of aromatic carboxylic acids is 2. The number of hydrogen-bond donors (Lipinski definition) is 4. The van der Waals surface area contributed by atoms with Crippen molar-refractivity contribution in [1.29, 1.82) is 0 Å². The summed E-state index contributed by atoms with van der Waals surface area (Å²) in [5.74, 6) is -4.67. The molecule has 2 aromatic rings. The first-order valence-corrected chi connectivity index (χ1v) is 5.54. The van der Waals surface area contributed by atoms with E-state index < -0.39 is 34.6 Å². The Morgan fingerprint density at radius 1 is 0.850 bits per heavy atom. The Kier molecular flexibility index (Phi) is 3.30. The maximum absolute atomic E-state index is 11.1. The molecule has 0 spiro atoms. The monoisotopic (exact) mass is 274 g/mol. The SMILES string of the molecule is O=C(O)c1c(O)cc(-c2ccccc2)c(O)c1C(=O)O. The number of carbonyl (C=O) groups is 2. The van der Waals surface area contributed by atoms with Gasteiger partial charge in [-0.2, -0.15) is 0 Å². The van der Waals surface area contributed by atoms with Gasteiger partial charge in [-0.15, -0.1) is 0 Å². The first-order valence-electron chi connectivity index (χ1n) is 5.54. The second-order valence-corrected chi connectivity index (χ2v) is 4.02. The summed E-state index contributed by atoms with van der Waals surface area (Å²) in [5.41, 5.74) is -1.17. The summed E-state index contributed by atoms with van der Waals surface area (Å²) >= 11 is 0. The average Bonchev–Trinajstić information content (AvgIpc) is 2.40. The van der Waals surface area contributed by atoms with Crippen molar-refractivity contribution in [3.05, 3.63) is 47.5 Å². The highest BCUT2D eigenvalue weighted by Crippen LogP contribution is 2.39. The fraction of sp³-hybridized carbons (Fsp3) is 0. The third kappa shape index (κ3) is 2.14. The van der Waals surface area contributed by atoms with Gasteiger partial charge in [0.2, 0.25) is 0 Å². The lowest BCUT2D eigenvalue weighted by Crippen LogP contribution is -2.09. The molecule has 0 fully saturated rings. The second-order valence-electron chi connectivity index (χ2n) is 4.02. The molecule has 0 radical (unpaired) electrons. The van der Waals surface area contributed by atoms with Crippen LogP contribution in [0.15, 0.2) is 36.4 Å².